The Morgan fingerprint density at radius 1 is 1.50 bits per heavy atom. The lowest BCUT2D eigenvalue weighted by Crippen LogP contribution is -2.41. The van der Waals surface area contributed by atoms with E-state index in [1.165, 1.54) is 17.0 Å². The summed E-state index contributed by atoms with van der Waals surface area (Å²) in [7, 11) is 0. The Balaban J connectivity index is 2.78. The summed E-state index contributed by atoms with van der Waals surface area (Å²) in [6.45, 7) is 3.74. The molecule has 1 aromatic carbocycles. The molecular formula is C12H16ClFN2O2. The molecule has 0 aliphatic rings. The predicted molar refractivity (Wildman–Crippen MR) is 69.4 cm³/mol. The highest BCUT2D eigenvalue weighted by atomic mass is 35.5. The Hall–Kier alpha value is -1.33. The molecule has 0 aliphatic heterocycles. The van der Waals surface area contributed by atoms with Crippen LogP contribution in [0.2, 0.25) is 5.02 Å². The molecule has 6 heteroatoms. The molecule has 1 aromatic rings. The van der Waals surface area contributed by atoms with E-state index >= 15 is 0 Å². The highest BCUT2D eigenvalue weighted by molar-refractivity contribution is 6.30. The summed E-state index contributed by atoms with van der Waals surface area (Å²) >= 11 is 5.69. The molecule has 1 rings (SSSR count). The first-order chi connectivity index (χ1) is 8.43. The van der Waals surface area contributed by atoms with Crippen molar-refractivity contribution in [2.24, 2.45) is 0 Å². The predicted octanol–water partition coefficient (Wildman–Crippen LogP) is 2.71. The van der Waals surface area contributed by atoms with Gasteiger partial charge >= 0.3 is 6.03 Å². The maximum absolute atomic E-state index is 13.1. The number of rotatable bonds is 4. The van der Waals surface area contributed by atoms with Crippen LogP contribution in [-0.4, -0.2) is 35.2 Å². The van der Waals surface area contributed by atoms with Crippen molar-refractivity contribution in [2.75, 3.05) is 18.5 Å². The lowest BCUT2D eigenvalue weighted by atomic mass is 10.3. The molecule has 2 N–H and O–H groups in total. The van der Waals surface area contributed by atoms with Gasteiger partial charge in [-0.1, -0.05) is 11.6 Å². The van der Waals surface area contributed by atoms with Crippen molar-refractivity contribution in [3.63, 3.8) is 0 Å². The zero-order valence-electron chi connectivity index (χ0n) is 10.3. The quantitative estimate of drug-likeness (QED) is 0.887. The smallest absolute Gasteiger partial charge is 0.322 e. The summed E-state index contributed by atoms with van der Waals surface area (Å²) < 4.78 is 13.1. The highest BCUT2D eigenvalue weighted by Crippen LogP contribution is 2.18. The van der Waals surface area contributed by atoms with Crippen LogP contribution in [0.5, 0.6) is 0 Å². The Bertz CT molecular complexity index is 406. The van der Waals surface area contributed by atoms with Crippen LogP contribution in [0.4, 0.5) is 14.9 Å². The van der Waals surface area contributed by atoms with Crippen LogP contribution in [0.1, 0.15) is 13.8 Å². The lowest BCUT2D eigenvalue weighted by Gasteiger charge is -2.26. The van der Waals surface area contributed by atoms with E-state index in [1.807, 2.05) is 13.8 Å². The highest BCUT2D eigenvalue weighted by Gasteiger charge is 2.16. The number of halogens is 2. The van der Waals surface area contributed by atoms with Crippen molar-refractivity contribution in [3.05, 3.63) is 29.0 Å². The minimum Gasteiger partial charge on any atom is -0.395 e. The molecule has 100 valence electrons. The second-order valence-corrected chi connectivity index (χ2v) is 4.54. The van der Waals surface area contributed by atoms with Gasteiger partial charge in [-0.15, -0.1) is 0 Å². The zero-order chi connectivity index (χ0) is 13.7. The number of hydrogen-bond acceptors (Lipinski definition) is 2. The van der Waals surface area contributed by atoms with E-state index in [4.69, 9.17) is 16.7 Å². The van der Waals surface area contributed by atoms with Gasteiger partial charge in [-0.25, -0.2) is 9.18 Å². The molecular weight excluding hydrogens is 259 g/mol. The maximum Gasteiger partial charge on any atom is 0.322 e. The van der Waals surface area contributed by atoms with E-state index in [-0.39, 0.29) is 29.9 Å². The summed E-state index contributed by atoms with van der Waals surface area (Å²) in [4.78, 5) is 13.3. The van der Waals surface area contributed by atoms with Crippen molar-refractivity contribution >= 4 is 23.3 Å². The summed E-state index contributed by atoms with van der Waals surface area (Å²) in [6.07, 6.45) is 0. The van der Waals surface area contributed by atoms with Crippen molar-refractivity contribution in [1.82, 2.24) is 4.90 Å². The van der Waals surface area contributed by atoms with Crippen LogP contribution in [0, 0.1) is 5.82 Å². The minimum atomic E-state index is -0.518. The van der Waals surface area contributed by atoms with Crippen LogP contribution in [-0.2, 0) is 0 Å². The van der Waals surface area contributed by atoms with Crippen molar-refractivity contribution in [2.45, 2.75) is 19.9 Å². The second kappa shape index (κ2) is 6.56. The first kappa shape index (κ1) is 14.7. The third-order valence-electron chi connectivity index (χ3n) is 2.34. The largest absolute Gasteiger partial charge is 0.395 e. The normalized spacial score (nSPS) is 10.6. The second-order valence-electron chi connectivity index (χ2n) is 4.10. The van der Waals surface area contributed by atoms with Crippen LogP contribution in [0.25, 0.3) is 0 Å². The number of nitrogens with one attached hydrogen (secondary N) is 1. The Morgan fingerprint density at radius 2 is 2.17 bits per heavy atom. The zero-order valence-corrected chi connectivity index (χ0v) is 11.0. The van der Waals surface area contributed by atoms with E-state index < -0.39 is 11.8 Å². The SMILES string of the molecule is CC(C)N(CCO)C(=O)Nc1cc(F)cc(Cl)c1. The fraction of sp³-hybridized carbons (Fsp3) is 0.417. The fourth-order valence-electron chi connectivity index (χ4n) is 1.52. The number of carbonyl (C=O) groups excluding carboxylic acids is 1. The van der Waals surface area contributed by atoms with Gasteiger partial charge in [0.05, 0.1) is 6.61 Å². The van der Waals surface area contributed by atoms with Gasteiger partial charge < -0.3 is 15.3 Å². The molecule has 18 heavy (non-hydrogen) atoms. The topological polar surface area (TPSA) is 52.6 Å². The molecule has 0 fully saturated rings. The van der Waals surface area contributed by atoms with Crippen molar-refractivity contribution < 1.29 is 14.3 Å². The van der Waals surface area contributed by atoms with E-state index in [9.17, 15) is 9.18 Å². The average Bonchev–Trinajstić information content (AvgIpc) is 2.23. The molecule has 0 bridgehead atoms. The summed E-state index contributed by atoms with van der Waals surface area (Å²) in [6, 6.07) is 3.33. The van der Waals surface area contributed by atoms with Gasteiger partial charge in [0.15, 0.2) is 0 Å². The van der Waals surface area contributed by atoms with Crippen LogP contribution in [0.3, 0.4) is 0 Å². The lowest BCUT2D eigenvalue weighted by molar-refractivity contribution is 0.172. The van der Waals surface area contributed by atoms with Gasteiger partial charge in [-0.05, 0) is 32.0 Å². The summed E-state index contributed by atoms with van der Waals surface area (Å²) in [5, 5.41) is 11.6. The molecule has 4 nitrogen and oxygen atoms in total. The molecule has 2 amide bonds. The van der Waals surface area contributed by atoms with E-state index in [1.54, 1.807) is 0 Å². The van der Waals surface area contributed by atoms with E-state index in [0.717, 1.165) is 6.07 Å². The maximum atomic E-state index is 13.1. The van der Waals surface area contributed by atoms with Gasteiger partial charge in [0.25, 0.3) is 0 Å². The standard InChI is InChI=1S/C12H16ClFN2O2/c1-8(2)16(3-4-17)12(18)15-11-6-9(13)5-10(14)7-11/h5-8,17H,3-4H2,1-2H3,(H,15,18). The first-order valence-electron chi connectivity index (χ1n) is 5.58. The Kier molecular flexibility index (Phi) is 5.37. The van der Waals surface area contributed by atoms with Crippen molar-refractivity contribution in [1.29, 1.82) is 0 Å². The van der Waals surface area contributed by atoms with Crippen molar-refractivity contribution in [3.8, 4) is 0 Å². The number of aliphatic hydroxyl groups is 1. The van der Waals surface area contributed by atoms with Gasteiger partial charge in [-0.3, -0.25) is 0 Å². The molecule has 0 unspecified atom stereocenters. The number of nitrogens with zero attached hydrogens (tertiary/aromatic N) is 1. The Morgan fingerprint density at radius 3 is 2.67 bits per heavy atom. The fourth-order valence-corrected chi connectivity index (χ4v) is 1.75. The molecule has 0 atom stereocenters. The molecule has 0 saturated carbocycles. The molecule has 0 saturated heterocycles. The van der Waals surface area contributed by atoms with Crippen LogP contribution < -0.4 is 5.32 Å². The number of urea groups is 1. The minimum absolute atomic E-state index is 0.0684. The Labute approximate surface area is 110 Å². The molecule has 0 spiro atoms. The van der Waals surface area contributed by atoms with Gasteiger partial charge in [-0.2, -0.15) is 0 Å². The summed E-state index contributed by atoms with van der Waals surface area (Å²) in [5.74, 6) is -0.518. The van der Waals surface area contributed by atoms with E-state index in [2.05, 4.69) is 5.32 Å². The van der Waals surface area contributed by atoms with Gasteiger partial charge in [0, 0.05) is 23.3 Å². The van der Waals surface area contributed by atoms with Gasteiger partial charge in [0.2, 0.25) is 0 Å². The van der Waals surface area contributed by atoms with Gasteiger partial charge in [0.1, 0.15) is 5.82 Å². The number of carbonyl (C=O) groups is 1. The number of aliphatic hydroxyl groups excluding tert-OH is 1. The third-order valence-corrected chi connectivity index (χ3v) is 2.56. The number of hydrogen-bond donors (Lipinski definition) is 2. The average molecular weight is 275 g/mol. The molecule has 0 aliphatic carbocycles. The molecule has 0 radical (unpaired) electrons. The monoisotopic (exact) mass is 274 g/mol. The molecule has 0 aromatic heterocycles. The number of anilines is 1. The number of amides is 2. The van der Waals surface area contributed by atoms with Crippen LogP contribution in [0.15, 0.2) is 18.2 Å². The van der Waals surface area contributed by atoms with E-state index in [0.29, 0.717) is 0 Å². The molecule has 0 heterocycles. The summed E-state index contributed by atoms with van der Waals surface area (Å²) in [5.41, 5.74) is 0.286. The number of benzene rings is 1. The van der Waals surface area contributed by atoms with Crippen LogP contribution >= 0.6 is 11.6 Å². The first-order valence-corrected chi connectivity index (χ1v) is 5.96. The third kappa shape index (κ3) is 4.16.